The quantitative estimate of drug-likeness (QED) is 0.730. The summed E-state index contributed by atoms with van der Waals surface area (Å²) in [5.74, 6) is 0.605. The van der Waals surface area contributed by atoms with E-state index in [9.17, 15) is 9.59 Å². The van der Waals surface area contributed by atoms with Crippen LogP contribution in [0.5, 0.6) is 5.75 Å². The van der Waals surface area contributed by atoms with Crippen molar-refractivity contribution < 1.29 is 14.3 Å². The predicted octanol–water partition coefficient (Wildman–Crippen LogP) is 3.34. The molecular formula is C19H25N3O3S. The molecule has 2 rings (SSSR count). The minimum absolute atomic E-state index is 0.0116. The summed E-state index contributed by atoms with van der Waals surface area (Å²) in [6, 6.07) is 9.17. The highest BCUT2D eigenvalue weighted by molar-refractivity contribution is 7.15. The number of carbonyl (C=O) groups is 2. The summed E-state index contributed by atoms with van der Waals surface area (Å²) in [7, 11) is 0. The zero-order chi connectivity index (χ0) is 18.9. The van der Waals surface area contributed by atoms with Crippen LogP contribution in [0, 0.1) is 12.8 Å². The van der Waals surface area contributed by atoms with E-state index in [2.05, 4.69) is 24.1 Å². The van der Waals surface area contributed by atoms with Gasteiger partial charge in [-0.05, 0) is 31.4 Å². The first-order valence-electron chi connectivity index (χ1n) is 8.62. The molecule has 2 aromatic rings. The molecule has 0 saturated carbocycles. The SMILES string of the molecule is Cc1cnc(NC(=O)CN(CCC(C)C)C(=O)COc2ccccc2)s1. The molecule has 0 atom stereocenters. The lowest BCUT2D eigenvalue weighted by molar-refractivity contribution is -0.136. The van der Waals surface area contributed by atoms with Gasteiger partial charge in [-0.15, -0.1) is 11.3 Å². The monoisotopic (exact) mass is 375 g/mol. The molecule has 0 fully saturated rings. The molecule has 1 N–H and O–H groups in total. The Bertz CT molecular complexity index is 716. The van der Waals surface area contributed by atoms with E-state index in [1.807, 2.05) is 25.1 Å². The van der Waals surface area contributed by atoms with Crippen LogP contribution < -0.4 is 10.1 Å². The van der Waals surface area contributed by atoms with Crippen molar-refractivity contribution in [3.05, 3.63) is 41.4 Å². The Kier molecular flexibility index (Phi) is 7.59. The molecule has 0 saturated heterocycles. The van der Waals surface area contributed by atoms with Crippen LogP contribution in [0.15, 0.2) is 36.5 Å². The second-order valence-electron chi connectivity index (χ2n) is 6.42. The summed E-state index contributed by atoms with van der Waals surface area (Å²) in [6.07, 6.45) is 2.52. The van der Waals surface area contributed by atoms with Gasteiger partial charge in [0.1, 0.15) is 12.3 Å². The second kappa shape index (κ2) is 9.91. The molecule has 0 unspecified atom stereocenters. The normalized spacial score (nSPS) is 10.6. The Balaban J connectivity index is 1.92. The van der Waals surface area contributed by atoms with Gasteiger partial charge in [-0.3, -0.25) is 9.59 Å². The molecule has 0 aliphatic rings. The first-order chi connectivity index (χ1) is 12.4. The largest absolute Gasteiger partial charge is 0.484 e. The number of para-hydroxylation sites is 1. The van der Waals surface area contributed by atoms with Gasteiger partial charge in [0.25, 0.3) is 5.91 Å². The molecule has 6 nitrogen and oxygen atoms in total. The van der Waals surface area contributed by atoms with Gasteiger partial charge in [0.05, 0.1) is 0 Å². The van der Waals surface area contributed by atoms with Gasteiger partial charge in [0.2, 0.25) is 5.91 Å². The number of ether oxygens (including phenoxy) is 1. The van der Waals surface area contributed by atoms with Gasteiger partial charge in [-0.1, -0.05) is 32.0 Å². The molecule has 1 aromatic carbocycles. The lowest BCUT2D eigenvalue weighted by atomic mass is 10.1. The van der Waals surface area contributed by atoms with Crippen molar-refractivity contribution in [1.82, 2.24) is 9.88 Å². The average molecular weight is 375 g/mol. The van der Waals surface area contributed by atoms with E-state index in [1.54, 1.807) is 23.2 Å². The summed E-state index contributed by atoms with van der Waals surface area (Å²) in [4.78, 5) is 31.5. The van der Waals surface area contributed by atoms with Crippen molar-refractivity contribution in [3.8, 4) is 5.75 Å². The number of nitrogens with one attached hydrogen (secondary N) is 1. The van der Waals surface area contributed by atoms with Crippen LogP contribution in [0.1, 0.15) is 25.1 Å². The number of thiazole rings is 1. The number of anilines is 1. The van der Waals surface area contributed by atoms with Crippen molar-refractivity contribution in [2.75, 3.05) is 25.0 Å². The summed E-state index contributed by atoms with van der Waals surface area (Å²) < 4.78 is 5.53. The highest BCUT2D eigenvalue weighted by Crippen LogP contribution is 2.16. The molecule has 2 amide bonds. The van der Waals surface area contributed by atoms with E-state index < -0.39 is 0 Å². The number of nitrogens with zero attached hydrogens (tertiary/aromatic N) is 2. The minimum atomic E-state index is -0.254. The maximum absolute atomic E-state index is 12.5. The van der Waals surface area contributed by atoms with Crippen molar-refractivity contribution in [3.63, 3.8) is 0 Å². The Labute approximate surface area is 158 Å². The number of aryl methyl sites for hydroxylation is 1. The number of carbonyl (C=O) groups excluding carboxylic acids is 2. The van der Waals surface area contributed by atoms with Crippen LogP contribution in [-0.4, -0.2) is 41.4 Å². The highest BCUT2D eigenvalue weighted by Gasteiger charge is 2.19. The van der Waals surface area contributed by atoms with Crippen molar-refractivity contribution in [2.24, 2.45) is 5.92 Å². The highest BCUT2D eigenvalue weighted by atomic mass is 32.1. The maximum Gasteiger partial charge on any atom is 0.260 e. The number of aromatic nitrogens is 1. The molecule has 0 radical (unpaired) electrons. The molecule has 0 aliphatic heterocycles. The molecule has 140 valence electrons. The fraction of sp³-hybridized carbons (Fsp3) is 0.421. The van der Waals surface area contributed by atoms with E-state index in [-0.39, 0.29) is 25.0 Å². The van der Waals surface area contributed by atoms with Gasteiger partial charge < -0.3 is 15.0 Å². The molecular weight excluding hydrogens is 350 g/mol. The lowest BCUT2D eigenvalue weighted by Crippen LogP contribution is -2.41. The standard InChI is InChI=1S/C19H25N3O3S/c1-14(2)9-10-22(12-17(23)21-19-20-11-15(3)26-19)18(24)13-25-16-7-5-4-6-8-16/h4-8,11,14H,9-10,12-13H2,1-3H3,(H,20,21,23). The third kappa shape index (κ3) is 6.84. The predicted molar refractivity (Wildman–Crippen MR) is 103 cm³/mol. The van der Waals surface area contributed by atoms with Gasteiger partial charge in [0.15, 0.2) is 11.7 Å². The Morgan fingerprint density at radius 2 is 2.00 bits per heavy atom. The molecule has 7 heteroatoms. The molecule has 26 heavy (non-hydrogen) atoms. The van der Waals surface area contributed by atoms with Crippen molar-refractivity contribution in [2.45, 2.75) is 27.2 Å². The van der Waals surface area contributed by atoms with Crippen molar-refractivity contribution in [1.29, 1.82) is 0 Å². The topological polar surface area (TPSA) is 71.5 Å². The Morgan fingerprint density at radius 1 is 1.27 bits per heavy atom. The Morgan fingerprint density at radius 3 is 2.62 bits per heavy atom. The summed E-state index contributed by atoms with van der Waals surface area (Å²) >= 11 is 1.41. The minimum Gasteiger partial charge on any atom is -0.484 e. The van der Waals surface area contributed by atoms with E-state index >= 15 is 0 Å². The number of benzene rings is 1. The first kappa shape index (κ1) is 19.9. The van der Waals surface area contributed by atoms with Crippen LogP contribution in [-0.2, 0) is 9.59 Å². The second-order valence-corrected chi connectivity index (χ2v) is 7.66. The van der Waals surface area contributed by atoms with E-state index in [0.29, 0.717) is 23.3 Å². The fourth-order valence-electron chi connectivity index (χ4n) is 2.20. The van der Waals surface area contributed by atoms with Gasteiger partial charge in [-0.25, -0.2) is 4.98 Å². The molecule has 1 heterocycles. The number of amides is 2. The average Bonchev–Trinajstić information content (AvgIpc) is 3.01. The Hall–Kier alpha value is -2.41. The van der Waals surface area contributed by atoms with E-state index in [0.717, 1.165) is 11.3 Å². The van der Waals surface area contributed by atoms with Crippen LogP contribution in [0.3, 0.4) is 0 Å². The van der Waals surface area contributed by atoms with Crippen molar-refractivity contribution >= 4 is 28.3 Å². The van der Waals surface area contributed by atoms with Crippen LogP contribution in [0.2, 0.25) is 0 Å². The lowest BCUT2D eigenvalue weighted by Gasteiger charge is -2.23. The zero-order valence-corrected chi connectivity index (χ0v) is 16.2. The smallest absolute Gasteiger partial charge is 0.260 e. The van der Waals surface area contributed by atoms with E-state index in [4.69, 9.17) is 4.74 Å². The van der Waals surface area contributed by atoms with E-state index in [1.165, 1.54) is 11.3 Å². The van der Waals surface area contributed by atoms with Gasteiger partial charge >= 0.3 is 0 Å². The van der Waals surface area contributed by atoms with Gasteiger partial charge in [0, 0.05) is 17.6 Å². The summed E-state index contributed by atoms with van der Waals surface area (Å²) in [5, 5.41) is 3.29. The zero-order valence-electron chi connectivity index (χ0n) is 15.4. The summed E-state index contributed by atoms with van der Waals surface area (Å²) in [6.45, 7) is 6.50. The third-order valence-electron chi connectivity index (χ3n) is 3.64. The molecule has 0 spiro atoms. The fourth-order valence-corrected chi connectivity index (χ4v) is 2.88. The van der Waals surface area contributed by atoms with Crippen LogP contribution in [0.4, 0.5) is 5.13 Å². The third-order valence-corrected chi connectivity index (χ3v) is 4.46. The molecule has 0 bridgehead atoms. The summed E-state index contributed by atoms with van der Waals surface area (Å²) in [5.41, 5.74) is 0. The number of hydrogen-bond donors (Lipinski definition) is 1. The van der Waals surface area contributed by atoms with Gasteiger partial charge in [-0.2, -0.15) is 0 Å². The van der Waals surface area contributed by atoms with Crippen LogP contribution in [0.25, 0.3) is 0 Å². The van der Waals surface area contributed by atoms with Crippen LogP contribution >= 0.6 is 11.3 Å². The first-order valence-corrected chi connectivity index (χ1v) is 9.43. The maximum atomic E-state index is 12.5. The number of hydrogen-bond acceptors (Lipinski definition) is 5. The molecule has 0 aliphatic carbocycles. The molecule has 1 aromatic heterocycles. The number of rotatable bonds is 9.